The highest BCUT2D eigenvalue weighted by atomic mass is 79.9. The Kier molecular flexibility index (Phi) is 5.96. The van der Waals surface area contributed by atoms with Crippen LogP contribution in [0, 0.1) is 11.7 Å². The van der Waals surface area contributed by atoms with Crippen LogP contribution >= 0.6 is 15.9 Å². The van der Waals surface area contributed by atoms with E-state index in [0.29, 0.717) is 16.9 Å². The number of benzene rings is 1. The maximum absolute atomic E-state index is 13.3. The van der Waals surface area contributed by atoms with Crippen LogP contribution in [0.1, 0.15) is 24.4 Å². The number of likely N-dealkylation sites (N-methyl/N-ethyl adjacent to an activating group) is 1. The summed E-state index contributed by atoms with van der Waals surface area (Å²) in [5.74, 6) is 0.319. The Morgan fingerprint density at radius 1 is 1.55 bits per heavy atom. The monoisotopic (exact) mass is 344 g/mol. The Balaban J connectivity index is 2.03. The minimum Gasteiger partial charge on any atom is -0.381 e. The maximum atomic E-state index is 13.3. The molecule has 1 saturated heterocycles. The van der Waals surface area contributed by atoms with E-state index in [0.717, 1.165) is 31.7 Å². The van der Waals surface area contributed by atoms with E-state index in [1.54, 1.807) is 0 Å². The predicted octanol–water partition coefficient (Wildman–Crippen LogP) is 2.95. The summed E-state index contributed by atoms with van der Waals surface area (Å²) in [4.78, 5) is 2.25. The zero-order valence-corrected chi connectivity index (χ0v) is 13.4. The van der Waals surface area contributed by atoms with Crippen molar-refractivity contribution in [3.05, 3.63) is 34.1 Å². The van der Waals surface area contributed by atoms with Gasteiger partial charge in [0, 0.05) is 25.7 Å². The van der Waals surface area contributed by atoms with E-state index in [1.807, 2.05) is 12.1 Å². The van der Waals surface area contributed by atoms with Gasteiger partial charge in [0.2, 0.25) is 0 Å². The van der Waals surface area contributed by atoms with Crippen LogP contribution < -0.4 is 5.73 Å². The molecule has 2 unspecified atom stereocenters. The molecule has 0 saturated carbocycles. The third-order valence-electron chi connectivity index (χ3n) is 3.88. The summed E-state index contributed by atoms with van der Waals surface area (Å²) in [5.41, 5.74) is 6.96. The summed E-state index contributed by atoms with van der Waals surface area (Å²) in [6, 6.07) is 5.22. The van der Waals surface area contributed by atoms with E-state index < -0.39 is 0 Å². The van der Waals surface area contributed by atoms with Crippen molar-refractivity contribution in [2.45, 2.75) is 18.9 Å². The van der Waals surface area contributed by atoms with Crippen LogP contribution in [0.4, 0.5) is 4.39 Å². The molecule has 0 spiro atoms. The smallest absolute Gasteiger partial charge is 0.137 e. The summed E-state index contributed by atoms with van der Waals surface area (Å²) in [5, 5.41) is 0. The molecule has 1 fully saturated rings. The number of hydrogen-bond donors (Lipinski definition) is 1. The third kappa shape index (κ3) is 4.01. The molecular weight excluding hydrogens is 323 g/mol. The number of nitrogens with zero attached hydrogens (tertiary/aromatic N) is 1. The minimum absolute atomic E-state index is 0.105. The van der Waals surface area contributed by atoms with E-state index in [2.05, 4.69) is 27.9 Å². The summed E-state index contributed by atoms with van der Waals surface area (Å²) in [7, 11) is 2.07. The lowest BCUT2D eigenvalue weighted by Crippen LogP contribution is -2.36. The van der Waals surface area contributed by atoms with Gasteiger partial charge < -0.3 is 10.5 Å². The van der Waals surface area contributed by atoms with Crippen LogP contribution in [0.3, 0.4) is 0 Å². The standard InChI is InChI=1S/C15H22BrFN2O/c1-19(9-11-3-2-6-20-10-11)15(8-18)12-4-5-14(17)13(16)7-12/h4-5,7,11,15H,2-3,6,8-10,18H2,1H3. The van der Waals surface area contributed by atoms with Crippen molar-refractivity contribution in [2.75, 3.05) is 33.4 Å². The largest absolute Gasteiger partial charge is 0.381 e. The van der Waals surface area contributed by atoms with Gasteiger partial charge in [-0.3, -0.25) is 4.90 Å². The van der Waals surface area contributed by atoms with Crippen molar-refractivity contribution in [3.63, 3.8) is 0 Å². The van der Waals surface area contributed by atoms with E-state index in [1.165, 1.54) is 12.5 Å². The Morgan fingerprint density at radius 2 is 2.35 bits per heavy atom. The van der Waals surface area contributed by atoms with Crippen molar-refractivity contribution in [2.24, 2.45) is 11.7 Å². The third-order valence-corrected chi connectivity index (χ3v) is 4.49. The molecule has 5 heteroatoms. The lowest BCUT2D eigenvalue weighted by Gasteiger charge is -2.32. The highest BCUT2D eigenvalue weighted by Gasteiger charge is 2.21. The quantitative estimate of drug-likeness (QED) is 0.892. The van der Waals surface area contributed by atoms with Gasteiger partial charge in [0.25, 0.3) is 0 Å². The Bertz CT molecular complexity index is 438. The molecule has 20 heavy (non-hydrogen) atoms. The topological polar surface area (TPSA) is 38.5 Å². The first-order chi connectivity index (χ1) is 9.61. The zero-order valence-electron chi connectivity index (χ0n) is 11.8. The second-order valence-electron chi connectivity index (χ2n) is 5.45. The van der Waals surface area contributed by atoms with Gasteiger partial charge in [-0.1, -0.05) is 6.07 Å². The molecule has 1 heterocycles. The van der Waals surface area contributed by atoms with E-state index in [4.69, 9.17) is 10.5 Å². The van der Waals surface area contributed by atoms with Gasteiger partial charge in [-0.2, -0.15) is 0 Å². The SMILES string of the molecule is CN(CC1CCCOC1)C(CN)c1ccc(F)c(Br)c1. The fourth-order valence-electron chi connectivity index (χ4n) is 2.78. The van der Waals surface area contributed by atoms with Crippen LogP contribution in [0.2, 0.25) is 0 Å². The Hall–Kier alpha value is -0.490. The van der Waals surface area contributed by atoms with E-state index >= 15 is 0 Å². The molecular formula is C15H22BrFN2O. The Labute approximate surface area is 128 Å². The predicted molar refractivity (Wildman–Crippen MR) is 82.1 cm³/mol. The fourth-order valence-corrected chi connectivity index (χ4v) is 3.17. The molecule has 1 aliphatic rings. The molecule has 0 radical (unpaired) electrons. The van der Waals surface area contributed by atoms with Gasteiger partial charge in [-0.25, -0.2) is 4.39 Å². The lowest BCUT2D eigenvalue weighted by molar-refractivity contribution is 0.0365. The van der Waals surface area contributed by atoms with Crippen molar-refractivity contribution in [1.82, 2.24) is 4.90 Å². The van der Waals surface area contributed by atoms with Gasteiger partial charge in [0.05, 0.1) is 11.1 Å². The number of rotatable bonds is 5. The first-order valence-corrected chi connectivity index (χ1v) is 7.84. The number of ether oxygens (including phenoxy) is 1. The van der Waals surface area contributed by atoms with Crippen molar-refractivity contribution in [1.29, 1.82) is 0 Å². The summed E-state index contributed by atoms with van der Waals surface area (Å²) in [6.45, 7) is 3.18. The van der Waals surface area contributed by atoms with Crippen LogP contribution in [-0.4, -0.2) is 38.3 Å². The van der Waals surface area contributed by atoms with Gasteiger partial charge in [0.15, 0.2) is 0 Å². The lowest BCUT2D eigenvalue weighted by atomic mass is 9.99. The molecule has 1 aromatic rings. The molecule has 2 rings (SSSR count). The summed E-state index contributed by atoms with van der Waals surface area (Å²) in [6.07, 6.45) is 2.34. The molecule has 0 amide bonds. The van der Waals surface area contributed by atoms with Crippen LogP contribution in [0.5, 0.6) is 0 Å². The second kappa shape index (κ2) is 7.50. The maximum Gasteiger partial charge on any atom is 0.137 e. The van der Waals surface area contributed by atoms with E-state index in [-0.39, 0.29) is 11.9 Å². The van der Waals surface area contributed by atoms with Gasteiger partial charge >= 0.3 is 0 Å². The van der Waals surface area contributed by atoms with Crippen molar-refractivity contribution >= 4 is 15.9 Å². The normalized spacial score (nSPS) is 21.1. The number of hydrogen-bond acceptors (Lipinski definition) is 3. The highest BCUT2D eigenvalue weighted by Crippen LogP contribution is 2.25. The second-order valence-corrected chi connectivity index (χ2v) is 6.30. The molecule has 3 nitrogen and oxygen atoms in total. The first kappa shape index (κ1) is 15.9. The summed E-state index contributed by atoms with van der Waals surface area (Å²) < 4.78 is 19.3. The Morgan fingerprint density at radius 3 is 2.95 bits per heavy atom. The molecule has 2 atom stereocenters. The number of nitrogens with two attached hydrogens (primary N) is 1. The van der Waals surface area contributed by atoms with Gasteiger partial charge in [-0.05, 0) is 59.4 Å². The van der Waals surface area contributed by atoms with Crippen LogP contribution in [-0.2, 0) is 4.74 Å². The molecule has 2 N–H and O–H groups in total. The van der Waals surface area contributed by atoms with Crippen LogP contribution in [0.15, 0.2) is 22.7 Å². The average molecular weight is 345 g/mol. The number of halogens is 2. The van der Waals surface area contributed by atoms with Crippen molar-refractivity contribution in [3.8, 4) is 0 Å². The molecule has 1 aliphatic heterocycles. The molecule has 1 aromatic carbocycles. The molecule has 0 bridgehead atoms. The van der Waals surface area contributed by atoms with Crippen LogP contribution in [0.25, 0.3) is 0 Å². The van der Waals surface area contributed by atoms with E-state index in [9.17, 15) is 4.39 Å². The molecule has 112 valence electrons. The highest BCUT2D eigenvalue weighted by molar-refractivity contribution is 9.10. The zero-order chi connectivity index (χ0) is 14.5. The molecule has 0 aromatic heterocycles. The summed E-state index contributed by atoms with van der Waals surface area (Å²) >= 11 is 3.24. The molecule has 0 aliphatic carbocycles. The first-order valence-electron chi connectivity index (χ1n) is 7.04. The fraction of sp³-hybridized carbons (Fsp3) is 0.600. The minimum atomic E-state index is -0.243. The van der Waals surface area contributed by atoms with Gasteiger partial charge in [-0.15, -0.1) is 0 Å². The van der Waals surface area contributed by atoms with Crippen molar-refractivity contribution < 1.29 is 9.13 Å². The van der Waals surface area contributed by atoms with Gasteiger partial charge in [0.1, 0.15) is 5.82 Å². The average Bonchev–Trinajstić information content (AvgIpc) is 2.44.